The Kier molecular flexibility index (Phi) is 5.21. The fourth-order valence-corrected chi connectivity index (χ4v) is 2.78. The first-order valence-corrected chi connectivity index (χ1v) is 7.95. The van der Waals surface area contributed by atoms with Gasteiger partial charge in [0.25, 0.3) is 0 Å². The van der Waals surface area contributed by atoms with Crippen LogP contribution < -0.4 is 5.32 Å². The van der Waals surface area contributed by atoms with Crippen molar-refractivity contribution in [2.75, 3.05) is 6.54 Å². The first-order chi connectivity index (χ1) is 12.1. The van der Waals surface area contributed by atoms with Gasteiger partial charge in [0.2, 0.25) is 0 Å². The van der Waals surface area contributed by atoms with Crippen LogP contribution in [0.5, 0.6) is 0 Å². The Bertz CT molecular complexity index is 850. The zero-order chi connectivity index (χ0) is 17.8. The highest BCUT2D eigenvalue weighted by Gasteiger charge is 2.21. The Morgan fingerprint density at radius 1 is 1.16 bits per heavy atom. The van der Waals surface area contributed by atoms with Crippen molar-refractivity contribution in [1.82, 2.24) is 14.9 Å². The van der Waals surface area contributed by atoms with E-state index in [1.54, 1.807) is 42.7 Å². The number of hydrogen-bond donors (Lipinski definition) is 2. The lowest BCUT2D eigenvalue weighted by molar-refractivity contribution is 0.166. The maximum Gasteiger partial charge on any atom is 0.130 e. The summed E-state index contributed by atoms with van der Waals surface area (Å²) in [6, 6.07) is 11.8. The molecular weight excluding hydrogens is 324 g/mol. The number of rotatable bonds is 6. The van der Waals surface area contributed by atoms with E-state index in [1.165, 1.54) is 18.2 Å². The van der Waals surface area contributed by atoms with Gasteiger partial charge in [-0.05, 0) is 23.8 Å². The number of aliphatic hydroxyl groups is 1. The summed E-state index contributed by atoms with van der Waals surface area (Å²) in [5, 5.41) is 13.5. The van der Waals surface area contributed by atoms with Crippen LogP contribution >= 0.6 is 0 Å². The number of halogens is 2. The van der Waals surface area contributed by atoms with Gasteiger partial charge in [0.05, 0.1) is 12.1 Å². The normalized spacial score (nSPS) is 13.6. The molecule has 0 radical (unpaired) electrons. The van der Waals surface area contributed by atoms with E-state index in [4.69, 9.17) is 0 Å². The molecule has 0 aliphatic carbocycles. The number of aromatic nitrogens is 2. The van der Waals surface area contributed by atoms with Crippen molar-refractivity contribution in [2.45, 2.75) is 12.1 Å². The molecule has 0 aliphatic heterocycles. The van der Waals surface area contributed by atoms with Crippen molar-refractivity contribution in [3.05, 3.63) is 89.5 Å². The lowest BCUT2D eigenvalue weighted by Crippen LogP contribution is -2.29. The molecule has 0 saturated heterocycles. The zero-order valence-electron chi connectivity index (χ0n) is 13.7. The van der Waals surface area contributed by atoms with Crippen molar-refractivity contribution < 1.29 is 13.9 Å². The summed E-state index contributed by atoms with van der Waals surface area (Å²) in [7, 11) is 1.84. The fraction of sp³-hybridized carbons (Fsp3) is 0.211. The minimum absolute atomic E-state index is 0.0922. The number of nitrogens with one attached hydrogen (secondary N) is 1. The van der Waals surface area contributed by atoms with Crippen molar-refractivity contribution in [3.63, 3.8) is 0 Å². The van der Waals surface area contributed by atoms with Crippen LogP contribution in [-0.4, -0.2) is 21.2 Å². The second kappa shape index (κ2) is 7.55. The summed E-state index contributed by atoms with van der Waals surface area (Å²) < 4.78 is 29.3. The van der Waals surface area contributed by atoms with Crippen molar-refractivity contribution >= 4 is 0 Å². The third-order valence-corrected chi connectivity index (χ3v) is 4.08. The fourth-order valence-electron chi connectivity index (χ4n) is 2.78. The summed E-state index contributed by atoms with van der Waals surface area (Å²) in [5.41, 5.74) is 0.892. The summed E-state index contributed by atoms with van der Waals surface area (Å²) in [4.78, 5) is 4.31. The van der Waals surface area contributed by atoms with Crippen molar-refractivity contribution in [1.29, 1.82) is 0 Å². The molecule has 3 rings (SSSR count). The van der Waals surface area contributed by atoms with Crippen LogP contribution in [0.2, 0.25) is 0 Å². The average molecular weight is 343 g/mol. The number of imidazole rings is 1. The predicted molar refractivity (Wildman–Crippen MR) is 90.8 cm³/mol. The van der Waals surface area contributed by atoms with Gasteiger partial charge in [-0.1, -0.05) is 30.3 Å². The van der Waals surface area contributed by atoms with Crippen LogP contribution in [0.4, 0.5) is 8.78 Å². The van der Waals surface area contributed by atoms with Gasteiger partial charge >= 0.3 is 0 Å². The Hall–Kier alpha value is -2.57. The first-order valence-electron chi connectivity index (χ1n) is 7.95. The first kappa shape index (κ1) is 17.3. The molecule has 0 spiro atoms. The number of aliphatic hydroxyl groups excluding tert-OH is 1. The van der Waals surface area contributed by atoms with Gasteiger partial charge in [0.1, 0.15) is 17.5 Å². The van der Waals surface area contributed by atoms with E-state index < -0.39 is 18.0 Å². The van der Waals surface area contributed by atoms with E-state index in [9.17, 15) is 13.9 Å². The Morgan fingerprint density at radius 2 is 1.96 bits per heavy atom. The summed E-state index contributed by atoms with van der Waals surface area (Å²) in [5.74, 6) is -0.143. The van der Waals surface area contributed by atoms with Gasteiger partial charge < -0.3 is 15.0 Å². The van der Waals surface area contributed by atoms with Gasteiger partial charge in [-0.2, -0.15) is 0 Å². The van der Waals surface area contributed by atoms with E-state index >= 15 is 0 Å². The molecule has 130 valence electrons. The lowest BCUT2D eigenvalue weighted by atomic mass is 10.0. The highest BCUT2D eigenvalue weighted by atomic mass is 19.1. The molecule has 0 amide bonds. The molecule has 2 aromatic carbocycles. The molecule has 0 saturated carbocycles. The molecule has 25 heavy (non-hydrogen) atoms. The molecule has 2 N–H and O–H groups in total. The van der Waals surface area contributed by atoms with Gasteiger partial charge in [-0.25, -0.2) is 13.8 Å². The molecule has 0 fully saturated rings. The van der Waals surface area contributed by atoms with Crippen LogP contribution in [0.1, 0.15) is 29.1 Å². The third kappa shape index (κ3) is 3.92. The molecule has 0 bridgehead atoms. The number of benzene rings is 2. The second-order valence-electron chi connectivity index (χ2n) is 5.83. The average Bonchev–Trinajstić information content (AvgIpc) is 3.01. The molecule has 1 heterocycles. The molecule has 4 nitrogen and oxygen atoms in total. The molecular formula is C19H19F2N3O. The standard InChI is InChI=1S/C19H19F2N3O/c1-24-10-9-22-19(24)18(13-5-4-6-14(20)11-13)23-12-17(25)15-7-2-3-8-16(15)21/h2-11,17-18,23,25H,12H2,1H3. The number of nitrogens with zero attached hydrogens (tertiary/aromatic N) is 2. The molecule has 1 aromatic heterocycles. The number of aryl methyl sites for hydroxylation is 1. The monoisotopic (exact) mass is 343 g/mol. The topological polar surface area (TPSA) is 50.1 Å². The van der Waals surface area contributed by atoms with Crippen LogP contribution in [0.15, 0.2) is 60.9 Å². The van der Waals surface area contributed by atoms with Crippen molar-refractivity contribution in [2.24, 2.45) is 7.05 Å². The van der Waals surface area contributed by atoms with E-state index in [-0.39, 0.29) is 17.9 Å². The van der Waals surface area contributed by atoms with Gasteiger partial charge in [0, 0.05) is 31.5 Å². The maximum absolute atomic E-state index is 13.8. The van der Waals surface area contributed by atoms with E-state index in [0.717, 1.165) is 0 Å². The zero-order valence-corrected chi connectivity index (χ0v) is 13.7. The summed E-state index contributed by atoms with van der Waals surface area (Å²) in [6.45, 7) is 0.0922. The van der Waals surface area contributed by atoms with Crippen LogP contribution in [0, 0.1) is 11.6 Å². The maximum atomic E-state index is 13.8. The molecule has 0 aliphatic rings. The lowest BCUT2D eigenvalue weighted by Gasteiger charge is -2.21. The smallest absolute Gasteiger partial charge is 0.130 e. The largest absolute Gasteiger partial charge is 0.387 e. The van der Waals surface area contributed by atoms with Gasteiger partial charge in [0.15, 0.2) is 0 Å². The predicted octanol–water partition coefficient (Wildman–Crippen LogP) is 3.11. The molecule has 2 atom stereocenters. The second-order valence-corrected chi connectivity index (χ2v) is 5.83. The quantitative estimate of drug-likeness (QED) is 0.723. The Balaban J connectivity index is 1.84. The van der Waals surface area contributed by atoms with Crippen LogP contribution in [0.3, 0.4) is 0 Å². The minimum atomic E-state index is -1.03. The molecule has 3 aromatic rings. The number of hydrogen-bond acceptors (Lipinski definition) is 3. The minimum Gasteiger partial charge on any atom is -0.387 e. The van der Waals surface area contributed by atoms with Gasteiger partial charge in [-0.15, -0.1) is 0 Å². The van der Waals surface area contributed by atoms with Crippen molar-refractivity contribution in [3.8, 4) is 0 Å². The summed E-state index contributed by atoms with van der Waals surface area (Å²) in [6.07, 6.45) is 2.41. The summed E-state index contributed by atoms with van der Waals surface area (Å²) >= 11 is 0. The molecule has 6 heteroatoms. The third-order valence-electron chi connectivity index (χ3n) is 4.08. The van der Waals surface area contributed by atoms with Gasteiger partial charge in [-0.3, -0.25) is 0 Å². The Morgan fingerprint density at radius 3 is 2.64 bits per heavy atom. The van der Waals surface area contributed by atoms with E-state index in [1.807, 2.05) is 11.6 Å². The SMILES string of the molecule is Cn1ccnc1C(NCC(O)c1ccccc1F)c1cccc(F)c1. The Labute approximate surface area is 144 Å². The van der Waals surface area contributed by atoms with E-state index in [2.05, 4.69) is 10.3 Å². The van der Waals surface area contributed by atoms with E-state index in [0.29, 0.717) is 11.4 Å². The highest BCUT2D eigenvalue weighted by molar-refractivity contribution is 5.26. The molecule has 2 unspecified atom stereocenters. The van der Waals surface area contributed by atoms with Crippen LogP contribution in [0.25, 0.3) is 0 Å². The highest BCUT2D eigenvalue weighted by Crippen LogP contribution is 2.23. The van der Waals surface area contributed by atoms with Crippen LogP contribution in [-0.2, 0) is 7.05 Å².